The Balaban J connectivity index is 4.38. The molecule has 1 atom stereocenters. The van der Waals surface area contributed by atoms with Crippen LogP contribution in [0.4, 0.5) is 0 Å². The summed E-state index contributed by atoms with van der Waals surface area (Å²) in [6.07, 6.45) is 43.0. The first-order valence-corrected chi connectivity index (χ1v) is 21.8. The molecule has 0 aliphatic rings. The van der Waals surface area contributed by atoms with Crippen LogP contribution in [0.5, 0.6) is 0 Å². The highest BCUT2D eigenvalue weighted by molar-refractivity contribution is 5.71. The van der Waals surface area contributed by atoms with E-state index in [1.807, 2.05) is 0 Å². The molecular formula is C45H82O6. The summed E-state index contributed by atoms with van der Waals surface area (Å²) < 4.78 is 16.6. The fourth-order valence-electron chi connectivity index (χ4n) is 6.05. The molecular weight excluding hydrogens is 636 g/mol. The Labute approximate surface area is 315 Å². The molecule has 0 saturated carbocycles. The number of hydrogen-bond acceptors (Lipinski definition) is 6. The van der Waals surface area contributed by atoms with E-state index in [4.69, 9.17) is 14.2 Å². The van der Waals surface area contributed by atoms with Crippen LogP contribution < -0.4 is 0 Å². The highest BCUT2D eigenvalue weighted by atomic mass is 16.6. The van der Waals surface area contributed by atoms with Gasteiger partial charge in [0.1, 0.15) is 13.2 Å². The van der Waals surface area contributed by atoms with Gasteiger partial charge in [0.15, 0.2) is 6.10 Å². The van der Waals surface area contributed by atoms with E-state index in [1.54, 1.807) is 0 Å². The van der Waals surface area contributed by atoms with Crippen molar-refractivity contribution in [2.45, 2.75) is 232 Å². The van der Waals surface area contributed by atoms with Crippen LogP contribution in [0.15, 0.2) is 24.3 Å². The van der Waals surface area contributed by atoms with Crippen molar-refractivity contribution in [2.24, 2.45) is 0 Å². The zero-order chi connectivity index (χ0) is 37.3. The van der Waals surface area contributed by atoms with Crippen molar-refractivity contribution in [2.75, 3.05) is 13.2 Å². The first-order valence-electron chi connectivity index (χ1n) is 21.8. The highest BCUT2D eigenvalue weighted by Gasteiger charge is 2.19. The molecule has 0 rings (SSSR count). The lowest BCUT2D eigenvalue weighted by molar-refractivity contribution is -0.167. The molecule has 0 spiro atoms. The second-order valence-corrected chi connectivity index (χ2v) is 14.6. The van der Waals surface area contributed by atoms with Gasteiger partial charge in [-0.2, -0.15) is 0 Å². The van der Waals surface area contributed by atoms with Crippen molar-refractivity contribution < 1.29 is 28.6 Å². The molecule has 6 nitrogen and oxygen atoms in total. The topological polar surface area (TPSA) is 78.9 Å². The van der Waals surface area contributed by atoms with Crippen LogP contribution in [0.3, 0.4) is 0 Å². The summed E-state index contributed by atoms with van der Waals surface area (Å²) in [5.74, 6) is -0.895. The van der Waals surface area contributed by atoms with E-state index in [0.717, 1.165) is 77.0 Å². The van der Waals surface area contributed by atoms with Gasteiger partial charge >= 0.3 is 17.9 Å². The number of hydrogen-bond donors (Lipinski definition) is 0. The maximum Gasteiger partial charge on any atom is 0.306 e. The number of rotatable bonds is 39. The van der Waals surface area contributed by atoms with Crippen LogP contribution in [0.2, 0.25) is 0 Å². The van der Waals surface area contributed by atoms with Crippen molar-refractivity contribution in [1.29, 1.82) is 0 Å². The quantitative estimate of drug-likeness (QED) is 0.0272. The maximum absolute atomic E-state index is 12.7. The highest BCUT2D eigenvalue weighted by Crippen LogP contribution is 2.14. The van der Waals surface area contributed by atoms with Gasteiger partial charge < -0.3 is 14.2 Å². The summed E-state index contributed by atoms with van der Waals surface area (Å²) in [6, 6.07) is 0. The molecule has 0 aromatic rings. The molecule has 298 valence electrons. The summed E-state index contributed by atoms with van der Waals surface area (Å²) >= 11 is 0. The third-order valence-electron chi connectivity index (χ3n) is 9.43. The molecule has 0 aromatic heterocycles. The van der Waals surface area contributed by atoms with Gasteiger partial charge in [-0.25, -0.2) is 0 Å². The predicted molar refractivity (Wildman–Crippen MR) is 215 cm³/mol. The Bertz CT molecular complexity index is 835. The summed E-state index contributed by atoms with van der Waals surface area (Å²) in [6.45, 7) is 6.53. The Morgan fingerprint density at radius 3 is 1.04 bits per heavy atom. The summed E-state index contributed by atoms with van der Waals surface area (Å²) in [5, 5.41) is 0. The van der Waals surface area contributed by atoms with E-state index in [0.29, 0.717) is 19.3 Å². The molecule has 0 fully saturated rings. The lowest BCUT2D eigenvalue weighted by Crippen LogP contribution is -2.30. The second-order valence-electron chi connectivity index (χ2n) is 14.6. The standard InChI is InChI=1S/C45H82O6/c1-4-7-10-13-16-19-22-25-28-31-34-37-43(46)49-40-42(51-45(48)39-36-33-30-27-24-21-18-15-12-9-6-3)41-50-44(47)38-35-32-29-26-23-20-17-14-11-8-5-2/h13,15-16,18,42H,4-12,14,17,19-41H2,1-3H3/b16-13-,18-15-/t42-/m1/s1. The van der Waals surface area contributed by atoms with Crippen LogP contribution in [0.1, 0.15) is 226 Å². The smallest absolute Gasteiger partial charge is 0.306 e. The van der Waals surface area contributed by atoms with Crippen molar-refractivity contribution in [3.8, 4) is 0 Å². The minimum absolute atomic E-state index is 0.0749. The average Bonchev–Trinajstić information content (AvgIpc) is 3.12. The monoisotopic (exact) mass is 719 g/mol. The lowest BCUT2D eigenvalue weighted by Gasteiger charge is -2.18. The molecule has 0 heterocycles. The zero-order valence-corrected chi connectivity index (χ0v) is 33.9. The molecule has 0 bridgehead atoms. The lowest BCUT2D eigenvalue weighted by atomic mass is 10.1. The van der Waals surface area contributed by atoms with Gasteiger partial charge in [-0.3, -0.25) is 14.4 Å². The Kier molecular flexibility index (Phi) is 39.0. The fourth-order valence-corrected chi connectivity index (χ4v) is 6.05. The van der Waals surface area contributed by atoms with Crippen molar-refractivity contribution in [1.82, 2.24) is 0 Å². The van der Waals surface area contributed by atoms with Crippen LogP contribution in [-0.2, 0) is 28.6 Å². The van der Waals surface area contributed by atoms with Gasteiger partial charge in [-0.15, -0.1) is 0 Å². The van der Waals surface area contributed by atoms with E-state index in [1.165, 1.54) is 109 Å². The van der Waals surface area contributed by atoms with Crippen LogP contribution in [0.25, 0.3) is 0 Å². The van der Waals surface area contributed by atoms with E-state index >= 15 is 0 Å². The third-order valence-corrected chi connectivity index (χ3v) is 9.43. The molecule has 51 heavy (non-hydrogen) atoms. The average molecular weight is 719 g/mol. The second kappa shape index (κ2) is 40.7. The fraction of sp³-hybridized carbons (Fsp3) is 0.844. The van der Waals surface area contributed by atoms with Gasteiger partial charge in [-0.05, 0) is 57.8 Å². The maximum atomic E-state index is 12.7. The van der Waals surface area contributed by atoms with Gasteiger partial charge in [0.2, 0.25) is 0 Å². The van der Waals surface area contributed by atoms with Gasteiger partial charge in [0.05, 0.1) is 0 Å². The number of esters is 3. The molecule has 0 unspecified atom stereocenters. The third kappa shape index (κ3) is 38.9. The van der Waals surface area contributed by atoms with Gasteiger partial charge in [0, 0.05) is 19.3 Å². The first-order chi connectivity index (χ1) is 25.0. The molecule has 0 aliphatic heterocycles. The largest absolute Gasteiger partial charge is 0.462 e. The summed E-state index contributed by atoms with van der Waals surface area (Å²) in [4.78, 5) is 37.6. The molecule has 0 saturated heterocycles. The van der Waals surface area contributed by atoms with Crippen LogP contribution in [-0.4, -0.2) is 37.2 Å². The number of carbonyl (C=O) groups excluding carboxylic acids is 3. The number of ether oxygens (including phenoxy) is 3. The summed E-state index contributed by atoms with van der Waals surface area (Å²) in [7, 11) is 0. The minimum atomic E-state index is -0.771. The predicted octanol–water partition coefficient (Wildman–Crippen LogP) is 13.6. The molecule has 0 aliphatic carbocycles. The zero-order valence-electron chi connectivity index (χ0n) is 33.9. The Morgan fingerprint density at radius 2 is 0.667 bits per heavy atom. The molecule has 6 heteroatoms. The number of unbranched alkanes of at least 4 members (excludes halogenated alkanes) is 24. The van der Waals surface area contributed by atoms with E-state index in [9.17, 15) is 14.4 Å². The van der Waals surface area contributed by atoms with Gasteiger partial charge in [0.25, 0.3) is 0 Å². The van der Waals surface area contributed by atoms with E-state index < -0.39 is 6.10 Å². The minimum Gasteiger partial charge on any atom is -0.462 e. The van der Waals surface area contributed by atoms with Crippen molar-refractivity contribution in [3.63, 3.8) is 0 Å². The van der Waals surface area contributed by atoms with E-state index in [-0.39, 0.29) is 31.1 Å². The van der Waals surface area contributed by atoms with Crippen molar-refractivity contribution >= 4 is 17.9 Å². The normalized spacial score (nSPS) is 12.1. The molecule has 0 amide bonds. The molecule has 0 N–H and O–H groups in total. The number of allylic oxidation sites excluding steroid dienone is 4. The van der Waals surface area contributed by atoms with Crippen molar-refractivity contribution in [3.05, 3.63) is 24.3 Å². The molecule has 0 aromatic carbocycles. The van der Waals surface area contributed by atoms with Crippen LogP contribution in [0, 0.1) is 0 Å². The Hall–Kier alpha value is -2.11. The first kappa shape index (κ1) is 48.9. The number of carbonyl (C=O) groups is 3. The van der Waals surface area contributed by atoms with E-state index in [2.05, 4.69) is 45.1 Å². The Morgan fingerprint density at radius 1 is 0.373 bits per heavy atom. The summed E-state index contributed by atoms with van der Waals surface area (Å²) in [5.41, 5.74) is 0. The SMILES string of the molecule is CCCC/C=C\CCCCCCCC(=O)OC[C@H](COC(=O)CCCCCCCCCCCCC)OC(=O)CCCCCCC/C=C\CCCC. The van der Waals surface area contributed by atoms with Gasteiger partial charge in [-0.1, -0.05) is 173 Å². The van der Waals surface area contributed by atoms with Crippen LogP contribution >= 0.6 is 0 Å². The molecule has 0 radical (unpaired) electrons.